The fourth-order valence-electron chi connectivity index (χ4n) is 4.46. The molecule has 1 N–H and O–H groups in total. The molecule has 1 unspecified atom stereocenters. The second-order valence-electron chi connectivity index (χ2n) is 10.3. The number of para-hydroxylation sites is 1. The van der Waals surface area contributed by atoms with Crippen LogP contribution in [0.5, 0.6) is 0 Å². The van der Waals surface area contributed by atoms with Gasteiger partial charge in [0.15, 0.2) is 6.04 Å². The number of nitrogens with one attached hydrogen (secondary N) is 1. The van der Waals surface area contributed by atoms with Crippen molar-refractivity contribution in [1.29, 1.82) is 0 Å². The number of anilines is 1. The van der Waals surface area contributed by atoms with Crippen LogP contribution in [0.25, 0.3) is 16.7 Å². The fraction of sp³-hybridized carbons (Fsp3) is 0.321. The first-order chi connectivity index (χ1) is 19.2. The van der Waals surface area contributed by atoms with Crippen LogP contribution in [0, 0.1) is 13.8 Å². The van der Waals surface area contributed by atoms with Crippen molar-refractivity contribution in [3.05, 3.63) is 78.0 Å². The number of aryl methyl sites for hydroxylation is 2. The molecule has 3 heterocycles. The third-order valence-corrected chi connectivity index (χ3v) is 6.91. The molecule has 0 saturated carbocycles. The molecule has 5 aromatic rings. The normalized spacial score (nSPS) is 12.4. The second-order valence-corrected chi connectivity index (χ2v) is 10.3. The van der Waals surface area contributed by atoms with E-state index < -0.39 is 11.6 Å². The molecule has 0 aliphatic rings. The first-order valence-electron chi connectivity index (χ1n) is 13.0. The van der Waals surface area contributed by atoms with E-state index in [0.29, 0.717) is 34.7 Å². The van der Waals surface area contributed by atoms with E-state index in [1.54, 1.807) is 25.1 Å². The Morgan fingerprint density at radius 2 is 1.88 bits per heavy atom. The average Bonchev–Trinajstić information content (AvgIpc) is 3.69. The van der Waals surface area contributed by atoms with Gasteiger partial charge in [0.05, 0.1) is 11.2 Å². The third kappa shape index (κ3) is 5.33. The number of amides is 2. The number of tetrazole rings is 1. The Morgan fingerprint density at radius 3 is 2.55 bits per heavy atom. The molecule has 206 valence electrons. The van der Waals surface area contributed by atoms with Crippen LogP contribution in [0.15, 0.2) is 65.3 Å². The predicted octanol–water partition coefficient (Wildman–Crippen LogP) is 3.70. The second kappa shape index (κ2) is 10.7. The molecule has 40 heavy (non-hydrogen) atoms. The predicted molar refractivity (Wildman–Crippen MR) is 148 cm³/mol. The van der Waals surface area contributed by atoms with Crippen LogP contribution in [0.3, 0.4) is 0 Å². The maximum atomic E-state index is 14.2. The number of fused-ring (bicyclic) bond motifs is 1. The minimum atomic E-state index is -1.08. The van der Waals surface area contributed by atoms with Crippen molar-refractivity contribution in [3.63, 3.8) is 0 Å². The smallest absolute Gasteiger partial charge is 0.251 e. The molecule has 0 spiro atoms. The van der Waals surface area contributed by atoms with Crippen LogP contribution in [0.2, 0.25) is 0 Å². The lowest BCUT2D eigenvalue weighted by molar-refractivity contribution is -0.128. The molecule has 1 atom stereocenters. The number of carbonyl (C=O) groups is 2. The van der Waals surface area contributed by atoms with Gasteiger partial charge in [0.1, 0.15) is 29.9 Å². The summed E-state index contributed by atoms with van der Waals surface area (Å²) < 4.78 is 9.04. The average molecular weight is 542 g/mol. The molecular formula is C28H31N9O3. The highest BCUT2D eigenvalue weighted by Gasteiger charge is 2.37. The van der Waals surface area contributed by atoms with Gasteiger partial charge in [-0.1, -0.05) is 24.3 Å². The topological polar surface area (TPSA) is 137 Å². The minimum absolute atomic E-state index is 0.144. The fourth-order valence-corrected chi connectivity index (χ4v) is 4.46. The molecule has 0 radical (unpaired) electrons. The molecule has 3 aromatic heterocycles. The van der Waals surface area contributed by atoms with Crippen molar-refractivity contribution < 1.29 is 14.0 Å². The molecule has 0 fully saturated rings. The lowest BCUT2D eigenvalue weighted by Crippen LogP contribution is -2.51. The summed E-state index contributed by atoms with van der Waals surface area (Å²) in [5.74, 6) is 0.247. The molecule has 2 amide bonds. The molecule has 0 saturated heterocycles. The Morgan fingerprint density at radius 1 is 1.07 bits per heavy atom. The van der Waals surface area contributed by atoms with E-state index >= 15 is 0 Å². The molecule has 0 aliphatic heterocycles. The van der Waals surface area contributed by atoms with E-state index in [9.17, 15) is 9.59 Å². The van der Waals surface area contributed by atoms with Crippen LogP contribution in [-0.2, 0) is 16.1 Å². The van der Waals surface area contributed by atoms with E-state index in [2.05, 4.69) is 31.2 Å². The Balaban J connectivity index is 1.62. The molecule has 12 heteroatoms. The van der Waals surface area contributed by atoms with E-state index in [1.807, 2.05) is 64.1 Å². The lowest BCUT2D eigenvalue weighted by Gasteiger charge is -2.33. The van der Waals surface area contributed by atoms with Gasteiger partial charge in [-0.2, -0.15) is 0 Å². The number of hydrogen-bond acceptors (Lipinski definition) is 8. The van der Waals surface area contributed by atoms with Gasteiger partial charge >= 0.3 is 0 Å². The van der Waals surface area contributed by atoms with E-state index in [-0.39, 0.29) is 18.4 Å². The molecule has 12 nitrogen and oxygen atoms in total. The largest absolute Gasteiger partial charge is 0.464 e. The number of furan rings is 1. The van der Waals surface area contributed by atoms with E-state index in [4.69, 9.17) is 4.42 Å². The van der Waals surface area contributed by atoms with Crippen LogP contribution in [0.4, 0.5) is 5.69 Å². The number of rotatable bonds is 9. The van der Waals surface area contributed by atoms with Gasteiger partial charge in [-0.15, -0.1) is 10.2 Å². The number of aromatic nitrogens is 7. The zero-order chi connectivity index (χ0) is 28.4. The van der Waals surface area contributed by atoms with Gasteiger partial charge in [-0.3, -0.25) is 14.5 Å². The van der Waals surface area contributed by atoms with Crippen molar-refractivity contribution in [2.24, 2.45) is 0 Å². The molecule has 2 aromatic carbocycles. The van der Waals surface area contributed by atoms with Gasteiger partial charge in [-0.05, 0) is 92.6 Å². The van der Waals surface area contributed by atoms with Crippen molar-refractivity contribution in [1.82, 2.24) is 40.5 Å². The van der Waals surface area contributed by atoms with Crippen LogP contribution >= 0.6 is 0 Å². The standard InChI is InChI=1S/C28H31N9O3/c1-6-28(4,5)30-27(39)26(24-14-11-19(3)40-24)37(20-12-13-22(18(2)15-20)36-17-29-32-34-36)25(38)16-35-23-10-8-7-9-21(23)31-33-35/h7-15,17,26H,6,16H2,1-5H3,(H,30,39). The number of carbonyl (C=O) groups excluding carboxylic acids is 2. The summed E-state index contributed by atoms with van der Waals surface area (Å²) in [6.45, 7) is 9.41. The zero-order valence-corrected chi connectivity index (χ0v) is 23.1. The summed E-state index contributed by atoms with van der Waals surface area (Å²) in [5.41, 5.74) is 2.93. The molecule has 0 bridgehead atoms. The van der Waals surface area contributed by atoms with E-state index in [1.165, 1.54) is 20.6 Å². The Kier molecular flexibility index (Phi) is 7.16. The van der Waals surface area contributed by atoms with Crippen molar-refractivity contribution in [2.45, 2.75) is 59.2 Å². The number of hydrogen-bond donors (Lipinski definition) is 1. The van der Waals surface area contributed by atoms with Gasteiger partial charge in [-0.25, -0.2) is 9.36 Å². The van der Waals surface area contributed by atoms with Crippen LogP contribution in [0.1, 0.15) is 50.3 Å². The first kappa shape index (κ1) is 26.7. The SMILES string of the molecule is CCC(C)(C)NC(=O)C(c1ccc(C)o1)N(C(=O)Cn1nnc2ccccc21)c1ccc(-n2cnnn2)c(C)c1. The summed E-state index contributed by atoms with van der Waals surface area (Å²) in [4.78, 5) is 29.7. The Hall–Kier alpha value is -4.87. The van der Waals surface area contributed by atoms with Crippen molar-refractivity contribution >= 4 is 28.5 Å². The Labute approximate surface area is 231 Å². The highest BCUT2D eigenvalue weighted by molar-refractivity contribution is 6.01. The van der Waals surface area contributed by atoms with Crippen LogP contribution < -0.4 is 10.2 Å². The van der Waals surface area contributed by atoms with Crippen LogP contribution in [-0.4, -0.2) is 52.6 Å². The third-order valence-electron chi connectivity index (χ3n) is 6.91. The summed E-state index contributed by atoms with van der Waals surface area (Å²) in [6, 6.07) is 15.2. The number of nitrogens with zero attached hydrogens (tertiary/aromatic N) is 8. The summed E-state index contributed by atoms with van der Waals surface area (Å²) >= 11 is 0. The molecule has 0 aliphatic carbocycles. The van der Waals surface area contributed by atoms with Crippen molar-refractivity contribution in [2.75, 3.05) is 4.90 Å². The quantitative estimate of drug-likeness (QED) is 0.298. The lowest BCUT2D eigenvalue weighted by atomic mass is 10.0. The zero-order valence-electron chi connectivity index (χ0n) is 23.1. The molecular weight excluding hydrogens is 510 g/mol. The Bertz CT molecular complexity index is 1650. The molecule has 5 rings (SSSR count). The highest BCUT2D eigenvalue weighted by Crippen LogP contribution is 2.32. The van der Waals surface area contributed by atoms with Crippen molar-refractivity contribution in [3.8, 4) is 5.69 Å². The number of benzene rings is 2. The summed E-state index contributed by atoms with van der Waals surface area (Å²) in [6.07, 6.45) is 2.19. The minimum Gasteiger partial charge on any atom is -0.464 e. The monoisotopic (exact) mass is 541 g/mol. The van der Waals surface area contributed by atoms with Gasteiger partial charge < -0.3 is 9.73 Å². The summed E-state index contributed by atoms with van der Waals surface area (Å²) in [5, 5.41) is 22.9. The maximum Gasteiger partial charge on any atom is 0.251 e. The van der Waals surface area contributed by atoms with Gasteiger partial charge in [0.25, 0.3) is 5.91 Å². The maximum absolute atomic E-state index is 14.2. The van der Waals surface area contributed by atoms with E-state index in [0.717, 1.165) is 11.3 Å². The van der Waals surface area contributed by atoms with Gasteiger partial charge in [0, 0.05) is 11.2 Å². The highest BCUT2D eigenvalue weighted by atomic mass is 16.3. The first-order valence-corrected chi connectivity index (χ1v) is 13.0. The summed E-state index contributed by atoms with van der Waals surface area (Å²) in [7, 11) is 0. The van der Waals surface area contributed by atoms with Gasteiger partial charge in [0.2, 0.25) is 5.91 Å².